The Bertz CT molecular complexity index is 1370. The maximum atomic E-state index is 14.9. The predicted octanol–water partition coefficient (Wildman–Crippen LogP) is 3.26. The summed E-state index contributed by atoms with van der Waals surface area (Å²) in [5.41, 5.74) is 10.8. The van der Waals surface area contributed by atoms with Gasteiger partial charge in [0.05, 0.1) is 40.9 Å². The highest BCUT2D eigenvalue weighted by molar-refractivity contribution is 7.20. The molecule has 0 unspecified atom stereocenters. The van der Waals surface area contributed by atoms with Crippen LogP contribution in [0.5, 0.6) is 0 Å². The number of hydrogen-bond acceptors (Lipinski definition) is 8. The largest absolute Gasteiger partial charge is 0.386 e. The van der Waals surface area contributed by atoms with Crippen molar-refractivity contribution in [2.75, 3.05) is 5.32 Å². The molecule has 35 heavy (non-hydrogen) atoms. The van der Waals surface area contributed by atoms with Gasteiger partial charge in [0, 0.05) is 11.4 Å². The molecule has 4 rings (SSSR count). The number of anilines is 2. The molecule has 0 fully saturated rings. The lowest BCUT2D eigenvalue weighted by atomic mass is 9.96. The first-order chi connectivity index (χ1) is 16.5. The third kappa shape index (κ3) is 5.34. The monoisotopic (exact) mass is 499 g/mol. The second-order valence-electron chi connectivity index (χ2n) is 8.34. The normalized spacial score (nSPS) is 11.6. The molecule has 6 N–H and O–H groups in total. The molecule has 0 saturated carbocycles. The Labute approximate surface area is 203 Å². The number of nitrogens with zero attached hydrogens (tertiary/aromatic N) is 4. The zero-order valence-electron chi connectivity index (χ0n) is 18.9. The summed E-state index contributed by atoms with van der Waals surface area (Å²) in [4.78, 5) is 16.7. The molecule has 0 aliphatic carbocycles. The zero-order chi connectivity index (χ0) is 25.3. The molecule has 182 valence electrons. The molecule has 1 aromatic carbocycles. The number of rotatable bonds is 8. The van der Waals surface area contributed by atoms with Crippen LogP contribution < -0.4 is 16.8 Å². The van der Waals surface area contributed by atoms with Gasteiger partial charge in [-0.05, 0) is 49.7 Å². The lowest BCUT2D eigenvalue weighted by Gasteiger charge is -2.18. The standard InChI is InChI=1S/C23H23F2N7O2S/c1-23(2,34)12-6-16(24)20(17(25)7-12)18-8-15(21(27)33)22(35-18)29-19-5-3-4-13(28-19)10-32-11-14(9-26)30-31-32/h3-8,11,34H,9-10,26H2,1-2H3,(H2,27,33)(H,28,29). The van der Waals surface area contributed by atoms with E-state index in [1.54, 1.807) is 29.1 Å². The average Bonchev–Trinajstić information content (AvgIpc) is 3.40. The van der Waals surface area contributed by atoms with Crippen LogP contribution in [0.4, 0.5) is 19.6 Å². The number of pyridine rings is 1. The molecule has 12 heteroatoms. The van der Waals surface area contributed by atoms with Crippen LogP contribution in [0.2, 0.25) is 0 Å². The molecule has 0 saturated heterocycles. The van der Waals surface area contributed by atoms with E-state index in [4.69, 9.17) is 11.5 Å². The van der Waals surface area contributed by atoms with Crippen LogP contribution in [-0.4, -0.2) is 31.0 Å². The lowest BCUT2D eigenvalue weighted by molar-refractivity contribution is 0.0778. The van der Waals surface area contributed by atoms with Crippen LogP contribution in [0, 0.1) is 11.6 Å². The quantitative estimate of drug-likeness (QED) is 0.291. The van der Waals surface area contributed by atoms with Crippen LogP contribution in [0.15, 0.2) is 42.6 Å². The van der Waals surface area contributed by atoms with Crippen molar-refractivity contribution in [3.8, 4) is 10.4 Å². The van der Waals surface area contributed by atoms with E-state index in [-0.39, 0.29) is 33.1 Å². The second kappa shape index (κ2) is 9.49. The number of primary amides is 1. The molecular formula is C23H23F2N7O2S. The third-order valence-electron chi connectivity index (χ3n) is 5.16. The highest BCUT2D eigenvalue weighted by Crippen LogP contribution is 2.40. The summed E-state index contributed by atoms with van der Waals surface area (Å²) in [5, 5.41) is 21.3. The summed E-state index contributed by atoms with van der Waals surface area (Å²) in [7, 11) is 0. The van der Waals surface area contributed by atoms with Gasteiger partial charge in [0.25, 0.3) is 5.91 Å². The maximum Gasteiger partial charge on any atom is 0.251 e. The van der Waals surface area contributed by atoms with Gasteiger partial charge in [-0.15, -0.1) is 16.4 Å². The van der Waals surface area contributed by atoms with Gasteiger partial charge >= 0.3 is 0 Å². The minimum Gasteiger partial charge on any atom is -0.386 e. The Balaban J connectivity index is 1.65. The minimum absolute atomic E-state index is 0.0615. The fourth-order valence-corrected chi connectivity index (χ4v) is 4.50. The maximum absolute atomic E-state index is 14.9. The van der Waals surface area contributed by atoms with Crippen molar-refractivity contribution >= 4 is 28.1 Å². The van der Waals surface area contributed by atoms with Crippen LogP contribution >= 0.6 is 11.3 Å². The molecule has 3 heterocycles. The number of halogens is 2. The summed E-state index contributed by atoms with van der Waals surface area (Å²) in [6, 6.07) is 8.70. The van der Waals surface area contributed by atoms with E-state index >= 15 is 0 Å². The van der Waals surface area contributed by atoms with Crippen molar-refractivity contribution < 1.29 is 18.7 Å². The molecule has 0 bridgehead atoms. The summed E-state index contributed by atoms with van der Waals surface area (Å²) in [6.07, 6.45) is 1.71. The van der Waals surface area contributed by atoms with E-state index in [0.717, 1.165) is 23.5 Å². The highest BCUT2D eigenvalue weighted by Gasteiger charge is 2.24. The van der Waals surface area contributed by atoms with Gasteiger partial charge in [0.1, 0.15) is 22.5 Å². The fraction of sp³-hybridized carbons (Fsp3) is 0.217. The molecule has 3 aromatic heterocycles. The summed E-state index contributed by atoms with van der Waals surface area (Å²) < 4.78 is 31.3. The van der Waals surface area contributed by atoms with Gasteiger partial charge < -0.3 is 21.9 Å². The fourth-order valence-electron chi connectivity index (χ4n) is 3.38. The van der Waals surface area contributed by atoms with Gasteiger partial charge in [0.15, 0.2) is 0 Å². The number of carbonyl (C=O) groups is 1. The number of thiophene rings is 1. The first kappa shape index (κ1) is 24.4. The Morgan fingerprint density at radius 2 is 1.91 bits per heavy atom. The number of aliphatic hydroxyl groups is 1. The number of nitrogens with one attached hydrogen (secondary N) is 1. The van der Waals surface area contributed by atoms with E-state index in [1.165, 1.54) is 19.9 Å². The number of benzene rings is 1. The van der Waals surface area contributed by atoms with Gasteiger partial charge in [-0.25, -0.2) is 18.4 Å². The van der Waals surface area contributed by atoms with Gasteiger partial charge in [0.2, 0.25) is 0 Å². The zero-order valence-corrected chi connectivity index (χ0v) is 19.7. The molecule has 0 spiro atoms. The van der Waals surface area contributed by atoms with Crippen LogP contribution in [-0.2, 0) is 18.7 Å². The van der Waals surface area contributed by atoms with E-state index in [1.807, 2.05) is 0 Å². The number of amides is 1. The van der Waals surface area contributed by atoms with Crippen molar-refractivity contribution in [3.05, 3.63) is 76.7 Å². The number of aromatic nitrogens is 4. The molecular weight excluding hydrogens is 476 g/mol. The van der Waals surface area contributed by atoms with Crippen molar-refractivity contribution in [2.45, 2.75) is 32.5 Å². The van der Waals surface area contributed by atoms with Gasteiger partial charge in [-0.1, -0.05) is 11.3 Å². The van der Waals surface area contributed by atoms with Gasteiger partial charge in [-0.3, -0.25) is 4.79 Å². The van der Waals surface area contributed by atoms with Gasteiger partial charge in [-0.2, -0.15) is 0 Å². The number of carbonyl (C=O) groups excluding carboxylic acids is 1. The molecule has 0 aliphatic heterocycles. The van der Waals surface area contributed by atoms with Crippen LogP contribution in [0.1, 0.15) is 41.2 Å². The number of nitrogens with two attached hydrogens (primary N) is 2. The van der Waals surface area contributed by atoms with Crippen LogP contribution in [0.25, 0.3) is 10.4 Å². The molecule has 0 radical (unpaired) electrons. The second-order valence-corrected chi connectivity index (χ2v) is 9.39. The first-order valence-corrected chi connectivity index (χ1v) is 11.3. The number of hydrogen-bond donors (Lipinski definition) is 4. The first-order valence-electron chi connectivity index (χ1n) is 10.5. The summed E-state index contributed by atoms with van der Waals surface area (Å²) in [6.45, 7) is 3.47. The third-order valence-corrected chi connectivity index (χ3v) is 6.23. The Hall–Kier alpha value is -3.74. The average molecular weight is 500 g/mol. The molecule has 4 aromatic rings. The highest BCUT2D eigenvalue weighted by atomic mass is 32.1. The SMILES string of the molecule is CC(C)(O)c1cc(F)c(-c2cc(C(N)=O)c(Nc3cccc(Cn4cc(CN)nn4)n3)s2)c(F)c1. The van der Waals surface area contributed by atoms with Crippen molar-refractivity contribution in [3.63, 3.8) is 0 Å². The van der Waals surface area contributed by atoms with Crippen molar-refractivity contribution in [1.29, 1.82) is 0 Å². The van der Waals surface area contributed by atoms with E-state index in [2.05, 4.69) is 20.6 Å². The summed E-state index contributed by atoms with van der Waals surface area (Å²) in [5.74, 6) is -2.10. The van der Waals surface area contributed by atoms with Crippen LogP contribution in [0.3, 0.4) is 0 Å². The van der Waals surface area contributed by atoms with Crippen molar-refractivity contribution in [1.82, 2.24) is 20.0 Å². The summed E-state index contributed by atoms with van der Waals surface area (Å²) >= 11 is 0.958. The Morgan fingerprint density at radius 1 is 1.20 bits per heavy atom. The molecule has 1 amide bonds. The Kier molecular flexibility index (Phi) is 6.61. The van der Waals surface area contributed by atoms with E-state index < -0.39 is 23.1 Å². The predicted molar refractivity (Wildman–Crippen MR) is 128 cm³/mol. The molecule has 0 atom stereocenters. The van der Waals surface area contributed by atoms with Crippen molar-refractivity contribution in [2.24, 2.45) is 11.5 Å². The van der Waals surface area contributed by atoms with E-state index in [9.17, 15) is 18.7 Å². The Morgan fingerprint density at radius 3 is 2.51 bits per heavy atom. The smallest absolute Gasteiger partial charge is 0.251 e. The lowest BCUT2D eigenvalue weighted by Crippen LogP contribution is -2.16. The molecule has 9 nitrogen and oxygen atoms in total. The molecule has 0 aliphatic rings. The minimum atomic E-state index is -1.42. The topological polar surface area (TPSA) is 145 Å². The van der Waals surface area contributed by atoms with E-state index in [0.29, 0.717) is 23.8 Å².